The molecule has 0 fully saturated rings. The van der Waals surface area contributed by atoms with Gasteiger partial charge >= 0.3 is 0 Å². The molecular formula is C16H14Cl2N4S. The van der Waals surface area contributed by atoms with Crippen molar-refractivity contribution in [1.82, 2.24) is 14.8 Å². The van der Waals surface area contributed by atoms with E-state index in [9.17, 15) is 0 Å². The molecule has 0 radical (unpaired) electrons. The van der Waals surface area contributed by atoms with E-state index in [1.165, 1.54) is 0 Å². The van der Waals surface area contributed by atoms with Gasteiger partial charge in [0, 0.05) is 23.2 Å². The third-order valence-electron chi connectivity index (χ3n) is 3.18. The second-order valence-electron chi connectivity index (χ2n) is 4.90. The Kier molecular flexibility index (Phi) is 4.80. The molecule has 3 rings (SSSR count). The van der Waals surface area contributed by atoms with Crippen molar-refractivity contribution < 1.29 is 0 Å². The number of benzene rings is 1. The molecule has 3 aromatic rings. The molecule has 7 heteroatoms. The first-order chi connectivity index (χ1) is 11.0. The molecule has 0 bridgehead atoms. The molecule has 0 atom stereocenters. The third kappa shape index (κ3) is 3.63. The molecule has 0 aliphatic heterocycles. The normalized spacial score (nSPS) is 10.8. The summed E-state index contributed by atoms with van der Waals surface area (Å²) in [4.78, 5) is 6.23. The highest BCUT2D eigenvalue weighted by Crippen LogP contribution is 2.40. The molecule has 2 heterocycles. The SMILES string of the molecule is Cc1nn(C)c(Nc2ccccn2)c1Sc1ccc(Cl)cc1Cl. The molecule has 0 spiro atoms. The summed E-state index contributed by atoms with van der Waals surface area (Å²) in [5.41, 5.74) is 0.918. The van der Waals surface area contributed by atoms with Gasteiger partial charge < -0.3 is 5.32 Å². The highest BCUT2D eigenvalue weighted by Gasteiger charge is 2.16. The van der Waals surface area contributed by atoms with E-state index in [2.05, 4.69) is 15.4 Å². The predicted molar refractivity (Wildman–Crippen MR) is 96.0 cm³/mol. The second-order valence-corrected chi connectivity index (χ2v) is 6.80. The number of aryl methyl sites for hydroxylation is 2. The maximum atomic E-state index is 6.29. The maximum absolute atomic E-state index is 6.29. The molecule has 0 saturated heterocycles. The molecule has 0 aliphatic rings. The highest BCUT2D eigenvalue weighted by molar-refractivity contribution is 7.99. The van der Waals surface area contributed by atoms with Crippen LogP contribution in [0.25, 0.3) is 0 Å². The van der Waals surface area contributed by atoms with Crippen LogP contribution in [0.2, 0.25) is 10.0 Å². The first-order valence-corrected chi connectivity index (χ1v) is 8.46. The zero-order valence-corrected chi connectivity index (χ0v) is 14.9. The van der Waals surface area contributed by atoms with Crippen molar-refractivity contribution in [2.75, 3.05) is 5.32 Å². The summed E-state index contributed by atoms with van der Waals surface area (Å²) in [6.45, 7) is 1.97. The lowest BCUT2D eigenvalue weighted by Gasteiger charge is -2.10. The topological polar surface area (TPSA) is 42.7 Å². The summed E-state index contributed by atoms with van der Waals surface area (Å²) in [5.74, 6) is 1.64. The Morgan fingerprint density at radius 3 is 2.70 bits per heavy atom. The van der Waals surface area contributed by atoms with Gasteiger partial charge in [-0.3, -0.25) is 4.68 Å². The smallest absolute Gasteiger partial charge is 0.144 e. The summed E-state index contributed by atoms with van der Waals surface area (Å²) in [6, 6.07) is 11.2. The number of nitrogens with one attached hydrogen (secondary N) is 1. The summed E-state index contributed by atoms with van der Waals surface area (Å²) >= 11 is 13.8. The largest absolute Gasteiger partial charge is 0.324 e. The molecule has 0 amide bonds. The zero-order valence-electron chi connectivity index (χ0n) is 12.5. The van der Waals surface area contributed by atoms with Crippen molar-refractivity contribution in [2.24, 2.45) is 7.05 Å². The first-order valence-electron chi connectivity index (χ1n) is 6.89. The number of anilines is 2. The van der Waals surface area contributed by atoms with E-state index in [-0.39, 0.29) is 0 Å². The van der Waals surface area contributed by atoms with Crippen LogP contribution in [0, 0.1) is 6.92 Å². The van der Waals surface area contributed by atoms with Crippen LogP contribution in [0.15, 0.2) is 52.4 Å². The molecule has 0 aliphatic carbocycles. The van der Waals surface area contributed by atoms with E-state index >= 15 is 0 Å². The van der Waals surface area contributed by atoms with Crippen molar-refractivity contribution in [2.45, 2.75) is 16.7 Å². The standard InChI is InChI=1S/C16H14Cl2N4S/c1-10-15(23-13-7-6-11(17)9-12(13)18)16(22(2)21-10)20-14-5-3-4-8-19-14/h3-9H,1-2H3,(H,19,20). The van der Waals surface area contributed by atoms with Crippen LogP contribution in [0.3, 0.4) is 0 Å². The van der Waals surface area contributed by atoms with Crippen LogP contribution >= 0.6 is 35.0 Å². The molecular weight excluding hydrogens is 351 g/mol. The van der Waals surface area contributed by atoms with Gasteiger partial charge in [-0.1, -0.05) is 41.0 Å². The van der Waals surface area contributed by atoms with Crippen LogP contribution in [-0.2, 0) is 7.05 Å². The van der Waals surface area contributed by atoms with E-state index in [0.29, 0.717) is 10.0 Å². The second kappa shape index (κ2) is 6.83. The summed E-state index contributed by atoms with van der Waals surface area (Å²) in [5, 5.41) is 9.04. The van der Waals surface area contributed by atoms with Gasteiger partial charge in [-0.25, -0.2) is 4.98 Å². The Hall–Kier alpha value is -1.69. The van der Waals surface area contributed by atoms with Gasteiger partial charge in [0.1, 0.15) is 11.6 Å². The van der Waals surface area contributed by atoms with E-state index in [0.717, 1.165) is 27.1 Å². The van der Waals surface area contributed by atoms with Crippen molar-refractivity contribution in [3.8, 4) is 0 Å². The molecule has 4 nitrogen and oxygen atoms in total. The van der Waals surface area contributed by atoms with Crippen LogP contribution in [-0.4, -0.2) is 14.8 Å². The Balaban J connectivity index is 1.96. The van der Waals surface area contributed by atoms with Crippen LogP contribution in [0.1, 0.15) is 5.69 Å². The molecule has 1 aromatic carbocycles. The van der Waals surface area contributed by atoms with Gasteiger partial charge in [0.25, 0.3) is 0 Å². The number of hydrogen-bond donors (Lipinski definition) is 1. The lowest BCUT2D eigenvalue weighted by atomic mass is 10.4. The minimum atomic E-state index is 0.620. The molecule has 0 saturated carbocycles. The van der Waals surface area contributed by atoms with Gasteiger partial charge in [-0.2, -0.15) is 5.10 Å². The Bertz CT molecular complexity index is 834. The van der Waals surface area contributed by atoms with Gasteiger partial charge in [-0.05, 0) is 37.3 Å². The Labute approximate surface area is 148 Å². The number of pyridine rings is 1. The van der Waals surface area contributed by atoms with Gasteiger partial charge in [0.05, 0.1) is 15.6 Å². The van der Waals surface area contributed by atoms with Crippen molar-refractivity contribution in [3.05, 3.63) is 58.3 Å². The van der Waals surface area contributed by atoms with Crippen molar-refractivity contribution in [3.63, 3.8) is 0 Å². The number of aromatic nitrogens is 3. The Morgan fingerprint density at radius 1 is 1.17 bits per heavy atom. The summed E-state index contributed by atoms with van der Waals surface area (Å²) in [6.07, 6.45) is 1.74. The van der Waals surface area contributed by atoms with Crippen molar-refractivity contribution in [1.29, 1.82) is 0 Å². The van der Waals surface area contributed by atoms with Crippen molar-refractivity contribution >= 4 is 46.6 Å². The average molecular weight is 365 g/mol. The molecule has 0 unspecified atom stereocenters. The van der Waals surface area contributed by atoms with Gasteiger partial charge in [-0.15, -0.1) is 0 Å². The Morgan fingerprint density at radius 2 is 2.00 bits per heavy atom. The number of hydrogen-bond acceptors (Lipinski definition) is 4. The lowest BCUT2D eigenvalue weighted by molar-refractivity contribution is 0.764. The number of rotatable bonds is 4. The van der Waals surface area contributed by atoms with E-state index in [4.69, 9.17) is 23.2 Å². The predicted octanol–water partition coefficient (Wildman–Crippen LogP) is 5.33. The quantitative estimate of drug-likeness (QED) is 0.679. The summed E-state index contributed by atoms with van der Waals surface area (Å²) < 4.78 is 1.80. The summed E-state index contributed by atoms with van der Waals surface area (Å²) in [7, 11) is 1.89. The number of halogens is 2. The fourth-order valence-corrected chi connectivity index (χ4v) is 3.63. The van der Waals surface area contributed by atoms with Crippen LogP contribution < -0.4 is 5.32 Å². The third-order valence-corrected chi connectivity index (χ3v) is 5.11. The maximum Gasteiger partial charge on any atom is 0.144 e. The highest BCUT2D eigenvalue weighted by atomic mass is 35.5. The van der Waals surface area contributed by atoms with E-state index in [1.54, 1.807) is 28.7 Å². The molecule has 23 heavy (non-hydrogen) atoms. The van der Waals surface area contributed by atoms with Crippen LogP contribution in [0.5, 0.6) is 0 Å². The van der Waals surface area contributed by atoms with Gasteiger partial charge in [0.15, 0.2) is 0 Å². The average Bonchev–Trinajstić information content (AvgIpc) is 2.78. The minimum absolute atomic E-state index is 0.620. The molecule has 118 valence electrons. The zero-order chi connectivity index (χ0) is 16.4. The molecule has 1 N–H and O–H groups in total. The fourth-order valence-electron chi connectivity index (χ4n) is 2.12. The van der Waals surface area contributed by atoms with Crippen LogP contribution in [0.4, 0.5) is 11.6 Å². The van der Waals surface area contributed by atoms with Gasteiger partial charge in [0.2, 0.25) is 0 Å². The van der Waals surface area contributed by atoms with E-state index < -0.39 is 0 Å². The number of nitrogens with zero attached hydrogens (tertiary/aromatic N) is 3. The molecule has 2 aromatic heterocycles. The monoisotopic (exact) mass is 364 g/mol. The fraction of sp³-hybridized carbons (Fsp3) is 0.125. The first kappa shape index (κ1) is 16.2. The van der Waals surface area contributed by atoms with E-state index in [1.807, 2.05) is 44.3 Å². The lowest BCUT2D eigenvalue weighted by Crippen LogP contribution is -2.01. The minimum Gasteiger partial charge on any atom is -0.324 e.